The average Bonchev–Trinajstić information content (AvgIpc) is 3.01. The molecule has 1 aromatic carbocycles. The van der Waals surface area contributed by atoms with Crippen molar-refractivity contribution < 1.29 is 4.74 Å². The molecule has 1 aromatic rings. The predicted octanol–water partition coefficient (Wildman–Crippen LogP) is 1.92. The summed E-state index contributed by atoms with van der Waals surface area (Å²) in [5.74, 6) is 0.676. The summed E-state index contributed by atoms with van der Waals surface area (Å²) in [7, 11) is 0. The summed E-state index contributed by atoms with van der Waals surface area (Å²) in [6.07, 6.45) is 2.47. The second kappa shape index (κ2) is 9.44. The number of hydrogen-bond donors (Lipinski definition) is 1. The molecule has 5 nitrogen and oxygen atoms in total. The van der Waals surface area contributed by atoms with Crippen LogP contribution in [0.3, 0.4) is 0 Å². The molecule has 23 heavy (non-hydrogen) atoms. The molecule has 2 heterocycles. The van der Waals surface area contributed by atoms with Gasteiger partial charge in [-0.25, -0.2) is 0 Å². The van der Waals surface area contributed by atoms with Gasteiger partial charge in [-0.2, -0.15) is 0 Å². The van der Waals surface area contributed by atoms with Crippen LogP contribution in [-0.4, -0.2) is 61.2 Å². The Morgan fingerprint density at radius 3 is 2.65 bits per heavy atom. The molecule has 2 aliphatic rings. The van der Waals surface area contributed by atoms with Crippen molar-refractivity contribution in [3.05, 3.63) is 35.9 Å². The molecular formula is C17H27IN4O. The van der Waals surface area contributed by atoms with E-state index in [1.54, 1.807) is 0 Å². The molecule has 0 amide bonds. The fraction of sp³-hybridized carbons (Fsp3) is 0.588. The predicted molar refractivity (Wildman–Crippen MR) is 104 cm³/mol. The first kappa shape index (κ1) is 18.5. The van der Waals surface area contributed by atoms with Gasteiger partial charge in [0, 0.05) is 25.7 Å². The van der Waals surface area contributed by atoms with Crippen LogP contribution in [0.25, 0.3) is 0 Å². The summed E-state index contributed by atoms with van der Waals surface area (Å²) in [4.78, 5) is 9.30. The molecule has 0 aliphatic carbocycles. The zero-order chi connectivity index (χ0) is 15.2. The van der Waals surface area contributed by atoms with E-state index >= 15 is 0 Å². The Morgan fingerprint density at radius 2 is 1.91 bits per heavy atom. The van der Waals surface area contributed by atoms with E-state index in [4.69, 9.17) is 10.5 Å². The lowest BCUT2D eigenvalue weighted by atomic mass is 10.2. The van der Waals surface area contributed by atoms with Crippen LogP contribution in [0.4, 0.5) is 0 Å². The van der Waals surface area contributed by atoms with E-state index in [0.717, 1.165) is 45.9 Å². The van der Waals surface area contributed by atoms with Gasteiger partial charge in [-0.05, 0) is 24.9 Å². The number of guanidine groups is 1. The standard InChI is InChI=1S/C17H26N4O.HI/c18-17(20-9-11-22-12-10-20)19-13-16-7-4-8-21(16)14-15-5-2-1-3-6-15;/h1-3,5-6,16H,4,7-14H2,(H2,18,19);1H. The lowest BCUT2D eigenvalue weighted by molar-refractivity contribution is 0.0673. The van der Waals surface area contributed by atoms with Gasteiger partial charge in [-0.3, -0.25) is 9.89 Å². The summed E-state index contributed by atoms with van der Waals surface area (Å²) in [6, 6.07) is 11.2. The molecule has 1 unspecified atom stereocenters. The van der Waals surface area contributed by atoms with Gasteiger partial charge in [0.1, 0.15) is 0 Å². The summed E-state index contributed by atoms with van der Waals surface area (Å²) in [5, 5.41) is 0. The largest absolute Gasteiger partial charge is 0.378 e. The number of morpholine rings is 1. The fourth-order valence-electron chi connectivity index (χ4n) is 3.22. The van der Waals surface area contributed by atoms with Gasteiger partial charge < -0.3 is 15.4 Å². The normalized spacial score (nSPS) is 22.9. The first-order valence-corrected chi connectivity index (χ1v) is 8.23. The Bertz CT molecular complexity index is 491. The maximum atomic E-state index is 6.13. The minimum absolute atomic E-state index is 0. The van der Waals surface area contributed by atoms with Crippen molar-refractivity contribution in [3.8, 4) is 0 Å². The molecule has 0 spiro atoms. The topological polar surface area (TPSA) is 54.1 Å². The van der Waals surface area contributed by atoms with Crippen LogP contribution >= 0.6 is 24.0 Å². The zero-order valence-electron chi connectivity index (χ0n) is 13.6. The number of likely N-dealkylation sites (tertiary alicyclic amines) is 1. The van der Waals surface area contributed by atoms with Crippen molar-refractivity contribution in [3.63, 3.8) is 0 Å². The van der Waals surface area contributed by atoms with Crippen molar-refractivity contribution in [1.29, 1.82) is 0 Å². The molecule has 128 valence electrons. The number of aliphatic imine (C=N–C) groups is 1. The van der Waals surface area contributed by atoms with Gasteiger partial charge in [0.2, 0.25) is 0 Å². The zero-order valence-corrected chi connectivity index (χ0v) is 15.9. The second-order valence-electron chi connectivity index (χ2n) is 6.05. The number of hydrogen-bond acceptors (Lipinski definition) is 3. The molecule has 0 bridgehead atoms. The van der Waals surface area contributed by atoms with E-state index in [2.05, 4.69) is 45.1 Å². The first-order valence-electron chi connectivity index (χ1n) is 8.23. The highest BCUT2D eigenvalue weighted by atomic mass is 127. The SMILES string of the molecule is I.NC(=NCC1CCCN1Cc1ccccc1)N1CCOCC1. The number of halogens is 1. The van der Waals surface area contributed by atoms with Crippen molar-refractivity contribution >= 4 is 29.9 Å². The van der Waals surface area contributed by atoms with Crippen molar-refractivity contribution in [2.45, 2.75) is 25.4 Å². The van der Waals surface area contributed by atoms with Gasteiger partial charge in [-0.15, -0.1) is 24.0 Å². The lowest BCUT2D eigenvalue weighted by Crippen LogP contribution is -2.45. The highest BCUT2D eigenvalue weighted by molar-refractivity contribution is 14.0. The molecule has 1 atom stereocenters. The molecule has 0 saturated carbocycles. The van der Waals surface area contributed by atoms with Gasteiger partial charge in [0.05, 0.1) is 19.8 Å². The highest BCUT2D eigenvalue weighted by Crippen LogP contribution is 2.20. The molecule has 3 rings (SSSR count). The van der Waals surface area contributed by atoms with E-state index in [9.17, 15) is 0 Å². The monoisotopic (exact) mass is 430 g/mol. The van der Waals surface area contributed by atoms with Crippen LogP contribution in [-0.2, 0) is 11.3 Å². The third-order valence-corrected chi connectivity index (χ3v) is 4.53. The quantitative estimate of drug-likeness (QED) is 0.451. The molecule has 0 aromatic heterocycles. The maximum absolute atomic E-state index is 6.13. The minimum Gasteiger partial charge on any atom is -0.378 e. The molecule has 2 aliphatic heterocycles. The smallest absolute Gasteiger partial charge is 0.191 e. The Balaban J connectivity index is 0.00000192. The van der Waals surface area contributed by atoms with Gasteiger partial charge in [-0.1, -0.05) is 30.3 Å². The molecule has 2 saturated heterocycles. The maximum Gasteiger partial charge on any atom is 0.191 e. The summed E-state index contributed by atoms with van der Waals surface area (Å²) in [5.41, 5.74) is 7.50. The highest BCUT2D eigenvalue weighted by Gasteiger charge is 2.24. The summed E-state index contributed by atoms with van der Waals surface area (Å²) in [6.45, 7) is 6.18. The number of benzene rings is 1. The van der Waals surface area contributed by atoms with E-state index in [0.29, 0.717) is 12.0 Å². The third kappa shape index (κ3) is 5.32. The van der Waals surface area contributed by atoms with Gasteiger partial charge in [0.15, 0.2) is 5.96 Å². The molecule has 2 N–H and O–H groups in total. The van der Waals surface area contributed by atoms with Crippen LogP contribution in [0, 0.1) is 0 Å². The summed E-state index contributed by atoms with van der Waals surface area (Å²) < 4.78 is 5.35. The molecular weight excluding hydrogens is 403 g/mol. The van der Waals surface area contributed by atoms with Crippen LogP contribution in [0.15, 0.2) is 35.3 Å². The van der Waals surface area contributed by atoms with Crippen LogP contribution in [0.5, 0.6) is 0 Å². The van der Waals surface area contributed by atoms with E-state index in [1.807, 2.05) is 0 Å². The summed E-state index contributed by atoms with van der Waals surface area (Å²) >= 11 is 0. The number of rotatable bonds is 4. The van der Waals surface area contributed by atoms with E-state index in [1.165, 1.54) is 18.4 Å². The van der Waals surface area contributed by atoms with E-state index < -0.39 is 0 Å². The van der Waals surface area contributed by atoms with Crippen molar-refractivity contribution in [2.75, 3.05) is 39.4 Å². The Morgan fingerprint density at radius 1 is 1.17 bits per heavy atom. The van der Waals surface area contributed by atoms with Crippen molar-refractivity contribution in [2.24, 2.45) is 10.7 Å². The fourth-order valence-corrected chi connectivity index (χ4v) is 3.22. The lowest BCUT2D eigenvalue weighted by Gasteiger charge is -2.28. The van der Waals surface area contributed by atoms with Gasteiger partial charge in [0.25, 0.3) is 0 Å². The van der Waals surface area contributed by atoms with Crippen LogP contribution in [0.2, 0.25) is 0 Å². The number of nitrogens with zero attached hydrogens (tertiary/aromatic N) is 3. The number of nitrogens with two attached hydrogens (primary N) is 1. The second-order valence-corrected chi connectivity index (χ2v) is 6.05. The number of ether oxygens (including phenoxy) is 1. The molecule has 0 radical (unpaired) electrons. The van der Waals surface area contributed by atoms with Crippen LogP contribution in [0.1, 0.15) is 18.4 Å². The average molecular weight is 430 g/mol. The third-order valence-electron chi connectivity index (χ3n) is 4.53. The first-order chi connectivity index (χ1) is 10.8. The van der Waals surface area contributed by atoms with Crippen molar-refractivity contribution in [1.82, 2.24) is 9.80 Å². The molecule has 2 fully saturated rings. The minimum atomic E-state index is 0. The Hall–Kier alpha value is -0.860. The van der Waals surface area contributed by atoms with E-state index in [-0.39, 0.29) is 24.0 Å². The Labute approximate surface area is 155 Å². The van der Waals surface area contributed by atoms with Gasteiger partial charge >= 0.3 is 0 Å². The Kier molecular flexibility index (Phi) is 7.58. The molecule has 6 heteroatoms. The van der Waals surface area contributed by atoms with Crippen LogP contribution < -0.4 is 5.73 Å².